The number of allylic oxidation sites excluding steroid dienone is 1. The number of para-hydroxylation sites is 1. The van der Waals surface area contributed by atoms with Crippen LogP contribution in [0.4, 0.5) is 5.69 Å². The van der Waals surface area contributed by atoms with Crippen molar-refractivity contribution in [3.8, 4) is 0 Å². The van der Waals surface area contributed by atoms with Crippen molar-refractivity contribution in [2.75, 3.05) is 5.73 Å². The lowest BCUT2D eigenvalue weighted by atomic mass is 10.1. The van der Waals surface area contributed by atoms with E-state index in [4.69, 9.17) is 5.73 Å². The minimum absolute atomic E-state index is 0.301. The molecule has 0 aromatic heterocycles. The van der Waals surface area contributed by atoms with Gasteiger partial charge in [0.2, 0.25) is 0 Å². The molecule has 0 heterocycles. The molecule has 0 fully saturated rings. The molecule has 1 aromatic rings. The Bertz CT molecular complexity index is 344. The second kappa shape index (κ2) is 6.94. The van der Waals surface area contributed by atoms with Crippen LogP contribution in [-0.2, 0) is 0 Å². The second-order valence-electron chi connectivity index (χ2n) is 4.03. The van der Waals surface area contributed by atoms with Gasteiger partial charge in [0.25, 0.3) is 0 Å². The topological polar surface area (TPSA) is 46.2 Å². The van der Waals surface area contributed by atoms with Crippen LogP contribution >= 0.6 is 0 Å². The quantitative estimate of drug-likeness (QED) is 0.429. The van der Waals surface area contributed by atoms with Crippen molar-refractivity contribution in [1.29, 1.82) is 0 Å². The highest BCUT2D eigenvalue weighted by Crippen LogP contribution is 2.19. The highest BCUT2D eigenvalue weighted by Gasteiger charge is 2.01. The van der Waals surface area contributed by atoms with E-state index in [0.717, 1.165) is 18.4 Å². The van der Waals surface area contributed by atoms with Crippen molar-refractivity contribution in [2.45, 2.75) is 39.0 Å². The molecule has 0 amide bonds. The van der Waals surface area contributed by atoms with E-state index in [9.17, 15) is 5.11 Å². The average molecular weight is 219 g/mol. The Morgan fingerprint density at radius 3 is 2.69 bits per heavy atom. The summed E-state index contributed by atoms with van der Waals surface area (Å²) < 4.78 is 0. The van der Waals surface area contributed by atoms with Gasteiger partial charge in [-0.25, -0.2) is 0 Å². The summed E-state index contributed by atoms with van der Waals surface area (Å²) in [5.74, 6) is 0.301. The van der Waals surface area contributed by atoms with E-state index in [0.29, 0.717) is 11.4 Å². The fourth-order valence-corrected chi connectivity index (χ4v) is 1.65. The van der Waals surface area contributed by atoms with E-state index in [-0.39, 0.29) is 0 Å². The lowest BCUT2D eigenvalue weighted by Crippen LogP contribution is -1.92. The molecule has 0 spiro atoms. The molecule has 0 saturated carbocycles. The highest BCUT2D eigenvalue weighted by atomic mass is 16.3. The van der Waals surface area contributed by atoms with Gasteiger partial charge < -0.3 is 10.8 Å². The summed E-state index contributed by atoms with van der Waals surface area (Å²) in [7, 11) is 0. The van der Waals surface area contributed by atoms with Crippen LogP contribution in [0.3, 0.4) is 0 Å². The summed E-state index contributed by atoms with van der Waals surface area (Å²) in [6, 6.07) is 7.39. The summed E-state index contributed by atoms with van der Waals surface area (Å²) in [6.07, 6.45) is 7.64. The number of aliphatic hydroxyl groups excluding tert-OH is 1. The van der Waals surface area contributed by atoms with Gasteiger partial charge in [-0.15, -0.1) is 0 Å². The van der Waals surface area contributed by atoms with Crippen molar-refractivity contribution in [1.82, 2.24) is 0 Å². The van der Waals surface area contributed by atoms with Gasteiger partial charge in [-0.05, 0) is 31.1 Å². The van der Waals surface area contributed by atoms with Crippen LogP contribution < -0.4 is 5.73 Å². The molecule has 0 radical (unpaired) electrons. The van der Waals surface area contributed by atoms with Gasteiger partial charge in [0.15, 0.2) is 0 Å². The number of nitrogens with two attached hydrogens (primary N) is 1. The molecule has 0 aliphatic carbocycles. The molecule has 0 aliphatic rings. The summed E-state index contributed by atoms with van der Waals surface area (Å²) >= 11 is 0. The Balaban J connectivity index is 2.47. The zero-order chi connectivity index (χ0) is 11.8. The monoisotopic (exact) mass is 219 g/mol. The zero-order valence-electron chi connectivity index (χ0n) is 9.95. The smallest absolute Gasteiger partial charge is 0.120 e. The van der Waals surface area contributed by atoms with E-state index in [1.807, 2.05) is 24.3 Å². The van der Waals surface area contributed by atoms with Crippen molar-refractivity contribution in [3.63, 3.8) is 0 Å². The maximum atomic E-state index is 9.84. The predicted molar refractivity (Wildman–Crippen MR) is 70.2 cm³/mol. The van der Waals surface area contributed by atoms with Gasteiger partial charge in [0.1, 0.15) is 5.76 Å². The molecular weight excluding hydrogens is 198 g/mol. The molecule has 0 aliphatic heterocycles. The number of anilines is 1. The van der Waals surface area contributed by atoms with Crippen LogP contribution in [0, 0.1) is 0 Å². The van der Waals surface area contributed by atoms with Gasteiger partial charge >= 0.3 is 0 Å². The Kier molecular flexibility index (Phi) is 5.48. The van der Waals surface area contributed by atoms with Crippen LogP contribution in [0.1, 0.15) is 44.6 Å². The van der Waals surface area contributed by atoms with Gasteiger partial charge in [-0.2, -0.15) is 0 Å². The Hall–Kier alpha value is -1.44. The molecular formula is C14H21NO. The first-order chi connectivity index (χ1) is 7.75. The van der Waals surface area contributed by atoms with E-state index in [1.54, 1.807) is 6.07 Å². The molecule has 2 nitrogen and oxygen atoms in total. The number of benzene rings is 1. The van der Waals surface area contributed by atoms with Crippen LogP contribution in [0.25, 0.3) is 5.76 Å². The van der Waals surface area contributed by atoms with Crippen LogP contribution in [-0.4, -0.2) is 5.11 Å². The first-order valence-electron chi connectivity index (χ1n) is 5.99. The minimum Gasteiger partial charge on any atom is -0.508 e. The van der Waals surface area contributed by atoms with Crippen molar-refractivity contribution < 1.29 is 5.11 Å². The average Bonchev–Trinajstić information content (AvgIpc) is 2.29. The molecule has 1 aromatic carbocycles. The van der Waals surface area contributed by atoms with Gasteiger partial charge in [0, 0.05) is 11.3 Å². The number of nitrogen functional groups attached to an aromatic ring is 1. The number of aliphatic hydroxyl groups is 1. The third-order valence-electron chi connectivity index (χ3n) is 2.63. The maximum absolute atomic E-state index is 9.84. The summed E-state index contributed by atoms with van der Waals surface area (Å²) in [4.78, 5) is 0. The molecule has 1 rings (SSSR count). The molecule has 0 atom stereocenters. The van der Waals surface area contributed by atoms with E-state index >= 15 is 0 Å². The number of hydrogen-bond donors (Lipinski definition) is 2. The zero-order valence-corrected chi connectivity index (χ0v) is 9.95. The second-order valence-corrected chi connectivity index (χ2v) is 4.03. The molecule has 0 unspecified atom stereocenters. The van der Waals surface area contributed by atoms with Crippen LogP contribution in [0.15, 0.2) is 30.3 Å². The first-order valence-corrected chi connectivity index (χ1v) is 5.99. The predicted octanol–water partition coefficient (Wildman–Crippen LogP) is 4.14. The van der Waals surface area contributed by atoms with E-state index in [1.165, 1.54) is 19.3 Å². The normalized spacial score (nSPS) is 11.7. The summed E-state index contributed by atoms with van der Waals surface area (Å²) in [6.45, 7) is 2.19. The summed E-state index contributed by atoms with van der Waals surface area (Å²) in [5, 5.41) is 9.84. The maximum Gasteiger partial charge on any atom is 0.120 e. The third kappa shape index (κ3) is 3.97. The Labute approximate surface area is 97.8 Å². The fraction of sp³-hybridized carbons (Fsp3) is 0.429. The third-order valence-corrected chi connectivity index (χ3v) is 2.63. The molecule has 3 N–H and O–H groups in total. The minimum atomic E-state index is 0.301. The van der Waals surface area contributed by atoms with E-state index in [2.05, 4.69) is 6.92 Å². The Morgan fingerprint density at radius 1 is 1.25 bits per heavy atom. The highest BCUT2D eigenvalue weighted by molar-refractivity contribution is 5.69. The van der Waals surface area contributed by atoms with E-state index < -0.39 is 0 Å². The molecule has 0 saturated heterocycles. The van der Waals surface area contributed by atoms with Gasteiger partial charge in [-0.1, -0.05) is 38.3 Å². The van der Waals surface area contributed by atoms with Crippen LogP contribution in [0.2, 0.25) is 0 Å². The summed E-state index contributed by atoms with van der Waals surface area (Å²) in [5.41, 5.74) is 7.14. The molecule has 16 heavy (non-hydrogen) atoms. The molecule has 88 valence electrons. The number of rotatable bonds is 6. The van der Waals surface area contributed by atoms with Gasteiger partial charge in [0.05, 0.1) is 0 Å². The first kappa shape index (κ1) is 12.6. The lowest BCUT2D eigenvalue weighted by molar-refractivity contribution is 0.508. The van der Waals surface area contributed by atoms with Crippen molar-refractivity contribution in [3.05, 3.63) is 35.9 Å². The SMILES string of the molecule is CCCCCC/C=C(\O)c1ccccc1N. The lowest BCUT2D eigenvalue weighted by Gasteiger charge is -2.04. The number of unbranched alkanes of at least 4 members (excludes halogenated alkanes) is 4. The van der Waals surface area contributed by atoms with Gasteiger partial charge in [-0.3, -0.25) is 0 Å². The standard InChI is InChI=1S/C14H21NO/c1-2-3-4-5-6-11-14(16)12-9-7-8-10-13(12)15/h7-11,16H,2-6,15H2,1H3/b14-11-. The largest absolute Gasteiger partial charge is 0.508 e. The molecule has 0 bridgehead atoms. The fourth-order valence-electron chi connectivity index (χ4n) is 1.65. The number of hydrogen-bond acceptors (Lipinski definition) is 2. The molecule has 2 heteroatoms. The van der Waals surface area contributed by atoms with Crippen molar-refractivity contribution in [2.24, 2.45) is 0 Å². The van der Waals surface area contributed by atoms with Crippen molar-refractivity contribution >= 4 is 11.4 Å². The Morgan fingerprint density at radius 2 is 2.00 bits per heavy atom. The van der Waals surface area contributed by atoms with Crippen LogP contribution in [0.5, 0.6) is 0 Å².